The van der Waals surface area contributed by atoms with Crippen molar-refractivity contribution in [3.05, 3.63) is 0 Å². The molecule has 138 valence electrons. The van der Waals surface area contributed by atoms with Gasteiger partial charge in [-0.2, -0.15) is 0 Å². The molecule has 3 fully saturated rings. The molecular weight excluding hydrogens is 300 g/mol. The highest BCUT2D eigenvalue weighted by Gasteiger charge is 2.42. The fraction of sp³-hybridized carbons (Fsp3) is 0.947. The topological polar surface area (TPSA) is 40.1 Å². The lowest BCUT2D eigenvalue weighted by molar-refractivity contribution is 0.156. The third-order valence-electron chi connectivity index (χ3n) is 6.03. The maximum Gasteiger partial charge on any atom is 0.193 e. The summed E-state index contributed by atoms with van der Waals surface area (Å²) in [5.41, 5.74) is 0.393. The van der Waals surface area contributed by atoms with Crippen LogP contribution in [0.25, 0.3) is 0 Å². The van der Waals surface area contributed by atoms with Crippen LogP contribution >= 0.6 is 0 Å². The van der Waals surface area contributed by atoms with Crippen LogP contribution in [0.1, 0.15) is 46.0 Å². The van der Waals surface area contributed by atoms with E-state index < -0.39 is 0 Å². The Kier molecular flexibility index (Phi) is 6.03. The monoisotopic (exact) mass is 336 g/mol. The Morgan fingerprint density at radius 1 is 1.21 bits per heavy atom. The summed E-state index contributed by atoms with van der Waals surface area (Å²) in [5.74, 6) is 1.83. The Labute approximate surface area is 147 Å². The summed E-state index contributed by atoms with van der Waals surface area (Å²) in [7, 11) is 1.92. The zero-order chi connectivity index (χ0) is 17.0. The molecule has 0 amide bonds. The quantitative estimate of drug-likeness (QED) is 0.617. The zero-order valence-electron chi connectivity index (χ0n) is 15.9. The second-order valence-electron chi connectivity index (χ2n) is 8.43. The molecule has 0 aromatic rings. The molecule has 0 radical (unpaired) electrons. The average molecular weight is 337 g/mol. The van der Waals surface area contributed by atoms with Gasteiger partial charge < -0.3 is 15.0 Å². The summed E-state index contributed by atoms with van der Waals surface area (Å²) in [5, 5.41) is 3.69. The highest BCUT2D eigenvalue weighted by molar-refractivity contribution is 5.80. The molecule has 2 unspecified atom stereocenters. The lowest BCUT2D eigenvalue weighted by atomic mass is 9.87. The third kappa shape index (κ3) is 4.23. The summed E-state index contributed by atoms with van der Waals surface area (Å²) in [6, 6.07) is 0.635. The lowest BCUT2D eigenvalue weighted by Gasteiger charge is -2.31. The fourth-order valence-electron chi connectivity index (χ4n) is 4.64. The molecule has 3 aliphatic rings. The highest BCUT2D eigenvalue weighted by atomic mass is 16.5. The molecule has 5 nitrogen and oxygen atoms in total. The van der Waals surface area contributed by atoms with Crippen LogP contribution in [-0.2, 0) is 4.74 Å². The number of hydrogen-bond acceptors (Lipinski definition) is 3. The first kappa shape index (κ1) is 18.0. The van der Waals surface area contributed by atoms with Gasteiger partial charge in [0.1, 0.15) is 0 Å². The average Bonchev–Trinajstić information content (AvgIpc) is 3.30. The number of rotatable bonds is 5. The first-order valence-electron chi connectivity index (χ1n) is 9.89. The largest absolute Gasteiger partial charge is 0.381 e. The Hall–Kier alpha value is -0.810. The summed E-state index contributed by atoms with van der Waals surface area (Å²) in [4.78, 5) is 9.70. The number of hydrogen-bond donors (Lipinski definition) is 1. The molecule has 1 spiro atoms. The molecule has 0 aromatic heterocycles. The minimum Gasteiger partial charge on any atom is -0.381 e. The summed E-state index contributed by atoms with van der Waals surface area (Å²) >= 11 is 0. The summed E-state index contributed by atoms with van der Waals surface area (Å²) < 4.78 is 5.66. The van der Waals surface area contributed by atoms with Crippen molar-refractivity contribution in [2.45, 2.75) is 52.0 Å². The normalized spacial score (nSPS) is 30.0. The highest BCUT2D eigenvalue weighted by Crippen LogP contribution is 2.38. The molecule has 0 saturated carbocycles. The SMILES string of the molecule is CN=C(NCC(CC(C)C)N1CCCC1)N1CCC2(CCOC2)C1. The smallest absolute Gasteiger partial charge is 0.193 e. The van der Waals surface area contributed by atoms with Crippen LogP contribution in [0, 0.1) is 11.3 Å². The van der Waals surface area contributed by atoms with Gasteiger partial charge in [-0.1, -0.05) is 13.8 Å². The molecule has 3 saturated heterocycles. The van der Waals surface area contributed by atoms with Crippen LogP contribution in [0.15, 0.2) is 4.99 Å². The maximum absolute atomic E-state index is 5.66. The van der Waals surface area contributed by atoms with Crippen molar-refractivity contribution in [3.63, 3.8) is 0 Å². The van der Waals surface area contributed by atoms with Gasteiger partial charge in [-0.25, -0.2) is 0 Å². The second-order valence-corrected chi connectivity index (χ2v) is 8.43. The summed E-state index contributed by atoms with van der Waals surface area (Å²) in [6.07, 6.45) is 6.44. The van der Waals surface area contributed by atoms with E-state index in [9.17, 15) is 0 Å². The maximum atomic E-state index is 5.66. The van der Waals surface area contributed by atoms with E-state index >= 15 is 0 Å². The summed E-state index contributed by atoms with van der Waals surface area (Å²) in [6.45, 7) is 12.3. The van der Waals surface area contributed by atoms with Gasteiger partial charge in [0.05, 0.1) is 6.61 Å². The molecular formula is C19H36N4O. The van der Waals surface area contributed by atoms with E-state index in [0.29, 0.717) is 11.5 Å². The minimum absolute atomic E-state index is 0.393. The molecule has 0 aliphatic carbocycles. The molecule has 3 heterocycles. The third-order valence-corrected chi connectivity index (χ3v) is 6.03. The molecule has 1 N–H and O–H groups in total. The number of aliphatic imine (C=N–C) groups is 1. The molecule has 24 heavy (non-hydrogen) atoms. The van der Waals surface area contributed by atoms with Crippen molar-refractivity contribution in [3.8, 4) is 0 Å². The second kappa shape index (κ2) is 8.05. The first-order valence-corrected chi connectivity index (χ1v) is 9.89. The van der Waals surface area contributed by atoms with E-state index in [2.05, 4.69) is 34.0 Å². The molecule has 3 aliphatic heterocycles. The van der Waals surface area contributed by atoms with E-state index in [-0.39, 0.29) is 0 Å². The van der Waals surface area contributed by atoms with E-state index in [4.69, 9.17) is 4.74 Å². The van der Waals surface area contributed by atoms with Crippen LogP contribution in [0.5, 0.6) is 0 Å². The Balaban J connectivity index is 1.54. The standard InChI is InChI=1S/C19H36N4O/c1-16(2)12-17(22-8-4-5-9-22)13-21-18(20-3)23-10-6-19(14-23)7-11-24-15-19/h16-17H,4-15H2,1-3H3,(H,20,21). The number of nitrogens with zero attached hydrogens (tertiary/aromatic N) is 3. The minimum atomic E-state index is 0.393. The van der Waals surface area contributed by atoms with E-state index in [1.807, 2.05) is 7.05 Å². The molecule has 5 heteroatoms. The van der Waals surface area contributed by atoms with Gasteiger partial charge in [0.2, 0.25) is 0 Å². The Morgan fingerprint density at radius 3 is 2.62 bits per heavy atom. The van der Waals surface area contributed by atoms with Gasteiger partial charge >= 0.3 is 0 Å². The van der Waals surface area contributed by atoms with Gasteiger partial charge in [0.15, 0.2) is 5.96 Å². The van der Waals surface area contributed by atoms with Crippen molar-refractivity contribution in [1.29, 1.82) is 0 Å². The van der Waals surface area contributed by atoms with Gasteiger partial charge in [0, 0.05) is 44.7 Å². The van der Waals surface area contributed by atoms with Crippen LogP contribution in [0.3, 0.4) is 0 Å². The van der Waals surface area contributed by atoms with E-state index in [1.54, 1.807) is 0 Å². The fourth-order valence-corrected chi connectivity index (χ4v) is 4.64. The van der Waals surface area contributed by atoms with Crippen molar-refractivity contribution < 1.29 is 4.74 Å². The van der Waals surface area contributed by atoms with Crippen LogP contribution in [0.2, 0.25) is 0 Å². The van der Waals surface area contributed by atoms with Crippen LogP contribution in [-0.4, -0.2) is 74.8 Å². The number of ether oxygens (including phenoxy) is 1. The van der Waals surface area contributed by atoms with E-state index in [1.165, 1.54) is 45.2 Å². The number of nitrogens with one attached hydrogen (secondary N) is 1. The first-order chi connectivity index (χ1) is 11.6. The predicted octanol–water partition coefficient (Wildman–Crippen LogP) is 2.18. The van der Waals surface area contributed by atoms with Crippen molar-refractivity contribution in [2.24, 2.45) is 16.3 Å². The van der Waals surface area contributed by atoms with E-state index in [0.717, 1.165) is 44.7 Å². The molecule has 0 bridgehead atoms. The molecule has 3 rings (SSSR count). The number of guanidine groups is 1. The van der Waals surface area contributed by atoms with Crippen molar-refractivity contribution in [2.75, 3.05) is 53.0 Å². The van der Waals surface area contributed by atoms with Crippen LogP contribution < -0.4 is 5.32 Å². The zero-order valence-corrected chi connectivity index (χ0v) is 15.9. The van der Waals surface area contributed by atoms with Gasteiger partial charge in [-0.3, -0.25) is 9.89 Å². The van der Waals surface area contributed by atoms with Gasteiger partial charge in [-0.15, -0.1) is 0 Å². The Bertz CT molecular complexity index is 425. The van der Waals surface area contributed by atoms with Crippen LogP contribution in [0.4, 0.5) is 0 Å². The van der Waals surface area contributed by atoms with Gasteiger partial charge in [0.25, 0.3) is 0 Å². The Morgan fingerprint density at radius 2 is 2.00 bits per heavy atom. The molecule has 2 atom stereocenters. The molecule has 0 aromatic carbocycles. The van der Waals surface area contributed by atoms with Gasteiger partial charge in [-0.05, 0) is 51.1 Å². The predicted molar refractivity (Wildman–Crippen MR) is 99.5 cm³/mol. The lowest BCUT2D eigenvalue weighted by Crippen LogP contribution is -2.48. The van der Waals surface area contributed by atoms with Crippen molar-refractivity contribution >= 4 is 5.96 Å². The van der Waals surface area contributed by atoms with Crippen molar-refractivity contribution in [1.82, 2.24) is 15.1 Å². The number of likely N-dealkylation sites (tertiary alicyclic amines) is 2.